The summed E-state index contributed by atoms with van der Waals surface area (Å²) in [6, 6.07) is 3.89. The molecule has 1 aromatic rings. The zero-order chi connectivity index (χ0) is 15.1. The van der Waals surface area contributed by atoms with Crippen LogP contribution >= 0.6 is 0 Å². The number of allylic oxidation sites excluding steroid dienone is 2. The minimum Gasteiger partial charge on any atom is -0.508 e. The maximum atomic E-state index is 12.7. The van der Waals surface area contributed by atoms with Crippen LogP contribution in [0.1, 0.15) is 61.1 Å². The summed E-state index contributed by atoms with van der Waals surface area (Å²) in [4.78, 5) is 12.7. The van der Waals surface area contributed by atoms with E-state index in [9.17, 15) is 9.90 Å². The fourth-order valence-electron chi connectivity index (χ4n) is 4.92. The Bertz CT molecular complexity index is 629. The Labute approximate surface area is 132 Å². The van der Waals surface area contributed by atoms with Crippen LogP contribution in [0.25, 0.3) is 0 Å². The van der Waals surface area contributed by atoms with E-state index in [0.29, 0.717) is 17.6 Å². The number of rotatable bonds is 1. The highest BCUT2D eigenvalue weighted by Gasteiger charge is 2.40. The monoisotopic (exact) mass is 296 g/mol. The summed E-state index contributed by atoms with van der Waals surface area (Å²) in [7, 11) is 0. The van der Waals surface area contributed by atoms with E-state index in [0.717, 1.165) is 24.8 Å². The normalized spacial score (nSPS) is 30.7. The van der Waals surface area contributed by atoms with Crippen molar-refractivity contribution < 1.29 is 9.90 Å². The van der Waals surface area contributed by atoms with Gasteiger partial charge in [0.2, 0.25) is 0 Å². The Morgan fingerprint density at radius 1 is 1.00 bits per heavy atom. The van der Waals surface area contributed by atoms with Crippen LogP contribution < -0.4 is 0 Å². The number of ketones is 1. The van der Waals surface area contributed by atoms with Crippen molar-refractivity contribution in [1.29, 1.82) is 0 Å². The fourth-order valence-corrected chi connectivity index (χ4v) is 4.92. The van der Waals surface area contributed by atoms with Crippen LogP contribution in [0.3, 0.4) is 0 Å². The van der Waals surface area contributed by atoms with E-state index in [2.05, 4.69) is 12.1 Å². The Hall–Kier alpha value is -1.57. The summed E-state index contributed by atoms with van der Waals surface area (Å²) in [5.41, 5.74) is 3.61. The first kappa shape index (κ1) is 14.0. The molecule has 0 aromatic heterocycles. The first-order valence-electron chi connectivity index (χ1n) is 8.81. The molecule has 1 N–H and O–H groups in total. The molecule has 0 aliphatic heterocycles. The van der Waals surface area contributed by atoms with Gasteiger partial charge >= 0.3 is 0 Å². The van der Waals surface area contributed by atoms with E-state index >= 15 is 0 Å². The molecule has 1 aromatic carbocycles. The number of fused-ring (bicyclic) bond motifs is 2. The van der Waals surface area contributed by atoms with E-state index < -0.39 is 0 Å². The van der Waals surface area contributed by atoms with Crippen molar-refractivity contribution in [2.45, 2.75) is 57.3 Å². The maximum Gasteiger partial charge on any atom is 0.163 e. The molecular weight excluding hydrogens is 272 g/mol. The Balaban J connectivity index is 1.83. The average molecular weight is 296 g/mol. The first-order chi connectivity index (χ1) is 10.8. The maximum absolute atomic E-state index is 12.7. The molecule has 22 heavy (non-hydrogen) atoms. The molecule has 1 saturated carbocycles. The van der Waals surface area contributed by atoms with E-state index in [4.69, 9.17) is 0 Å². The lowest BCUT2D eigenvalue weighted by molar-refractivity contribution is -0.118. The molecule has 2 nitrogen and oxygen atoms in total. The highest BCUT2D eigenvalue weighted by Crippen LogP contribution is 2.48. The van der Waals surface area contributed by atoms with Gasteiger partial charge in [0.25, 0.3) is 0 Å². The minimum absolute atomic E-state index is 0.108. The minimum atomic E-state index is -0.108. The third kappa shape index (κ3) is 2.20. The fraction of sp³-hybridized carbons (Fsp3) is 0.550. The zero-order valence-electron chi connectivity index (χ0n) is 13.1. The summed E-state index contributed by atoms with van der Waals surface area (Å²) in [5, 5.41) is 10.6. The molecule has 0 amide bonds. The molecule has 116 valence electrons. The second kappa shape index (κ2) is 5.57. The van der Waals surface area contributed by atoms with Crippen molar-refractivity contribution in [2.24, 2.45) is 11.8 Å². The van der Waals surface area contributed by atoms with Crippen LogP contribution in [-0.4, -0.2) is 10.9 Å². The molecule has 3 aliphatic carbocycles. The van der Waals surface area contributed by atoms with E-state index in [1.165, 1.54) is 43.2 Å². The Morgan fingerprint density at radius 2 is 1.82 bits per heavy atom. The molecule has 0 spiro atoms. The number of hydrogen-bond donors (Lipinski definition) is 1. The van der Waals surface area contributed by atoms with Crippen molar-refractivity contribution >= 4 is 5.78 Å². The molecule has 0 radical (unpaired) electrons. The highest BCUT2D eigenvalue weighted by atomic mass is 16.3. The van der Waals surface area contributed by atoms with Gasteiger partial charge in [-0.2, -0.15) is 0 Å². The molecule has 0 bridgehead atoms. The molecule has 3 atom stereocenters. The van der Waals surface area contributed by atoms with Gasteiger partial charge in [0, 0.05) is 5.56 Å². The zero-order valence-corrected chi connectivity index (χ0v) is 13.1. The standard InChI is InChI=1S/C20H24O2/c21-17-11-9-13-5-1-3-7-15(13)19(17)20-16-8-4-2-6-14(16)10-12-18(20)22/h9-13,15,19,22H,1-8H2. The number of hydrogen-bond acceptors (Lipinski definition) is 2. The molecular formula is C20H24O2. The van der Waals surface area contributed by atoms with Crippen molar-refractivity contribution in [2.75, 3.05) is 0 Å². The van der Waals surface area contributed by atoms with E-state index in [-0.39, 0.29) is 11.7 Å². The first-order valence-corrected chi connectivity index (χ1v) is 8.81. The largest absolute Gasteiger partial charge is 0.508 e. The number of benzene rings is 1. The second-order valence-electron chi connectivity index (χ2n) is 7.19. The van der Waals surface area contributed by atoms with Crippen LogP contribution in [0.15, 0.2) is 24.3 Å². The number of aryl methyl sites for hydroxylation is 1. The molecule has 0 heterocycles. The van der Waals surface area contributed by atoms with Gasteiger partial charge in [-0.25, -0.2) is 0 Å². The highest BCUT2D eigenvalue weighted by molar-refractivity contribution is 5.97. The summed E-state index contributed by atoms with van der Waals surface area (Å²) < 4.78 is 0. The van der Waals surface area contributed by atoms with Crippen LogP contribution in [0.2, 0.25) is 0 Å². The predicted octanol–water partition coefficient (Wildman–Crippen LogP) is 4.30. The lowest BCUT2D eigenvalue weighted by Gasteiger charge is -2.39. The predicted molar refractivity (Wildman–Crippen MR) is 87.1 cm³/mol. The van der Waals surface area contributed by atoms with Gasteiger partial charge in [-0.15, -0.1) is 0 Å². The molecule has 1 fully saturated rings. The summed E-state index contributed by atoms with van der Waals surface area (Å²) >= 11 is 0. The average Bonchev–Trinajstić information content (AvgIpc) is 2.56. The lowest BCUT2D eigenvalue weighted by Crippen LogP contribution is -2.33. The van der Waals surface area contributed by atoms with Gasteiger partial charge in [-0.1, -0.05) is 25.0 Å². The van der Waals surface area contributed by atoms with Crippen molar-refractivity contribution in [3.05, 3.63) is 41.0 Å². The second-order valence-corrected chi connectivity index (χ2v) is 7.19. The van der Waals surface area contributed by atoms with Gasteiger partial charge in [0.1, 0.15) is 5.75 Å². The third-order valence-electron chi connectivity index (χ3n) is 5.98. The van der Waals surface area contributed by atoms with Crippen molar-refractivity contribution in [1.82, 2.24) is 0 Å². The molecule has 0 saturated heterocycles. The van der Waals surface area contributed by atoms with Crippen LogP contribution in [0.4, 0.5) is 0 Å². The van der Waals surface area contributed by atoms with E-state index in [1.807, 2.05) is 6.07 Å². The van der Waals surface area contributed by atoms with Crippen LogP contribution in [-0.2, 0) is 17.6 Å². The summed E-state index contributed by atoms with van der Waals surface area (Å²) in [5.74, 6) is 1.36. The lowest BCUT2D eigenvalue weighted by atomic mass is 9.64. The molecule has 4 rings (SSSR count). The Kier molecular flexibility index (Phi) is 3.56. The van der Waals surface area contributed by atoms with Gasteiger partial charge in [0.05, 0.1) is 5.92 Å². The van der Waals surface area contributed by atoms with Crippen molar-refractivity contribution in [3.63, 3.8) is 0 Å². The third-order valence-corrected chi connectivity index (χ3v) is 5.98. The molecule has 3 unspecified atom stereocenters. The number of carbonyl (C=O) groups excluding carboxylic acids is 1. The quantitative estimate of drug-likeness (QED) is 0.839. The van der Waals surface area contributed by atoms with Gasteiger partial charge in [-0.3, -0.25) is 4.79 Å². The summed E-state index contributed by atoms with van der Waals surface area (Å²) in [6.07, 6.45) is 13.2. The number of carbonyl (C=O) groups is 1. The number of aromatic hydroxyl groups is 1. The smallest absolute Gasteiger partial charge is 0.163 e. The number of phenolic OH excluding ortho intramolecular Hbond substituents is 1. The molecule has 3 aliphatic rings. The summed E-state index contributed by atoms with van der Waals surface area (Å²) in [6.45, 7) is 0. The number of phenols is 1. The van der Waals surface area contributed by atoms with Crippen LogP contribution in [0, 0.1) is 11.8 Å². The van der Waals surface area contributed by atoms with Gasteiger partial charge < -0.3 is 5.11 Å². The van der Waals surface area contributed by atoms with Crippen molar-refractivity contribution in [3.8, 4) is 5.75 Å². The van der Waals surface area contributed by atoms with Crippen LogP contribution in [0.5, 0.6) is 5.75 Å². The Morgan fingerprint density at radius 3 is 2.73 bits per heavy atom. The molecule has 2 heteroatoms. The van der Waals surface area contributed by atoms with Gasteiger partial charge in [0.15, 0.2) is 5.78 Å². The van der Waals surface area contributed by atoms with E-state index in [1.54, 1.807) is 6.08 Å². The SMILES string of the molecule is O=C1C=CC2CCCCC2C1c1c(O)ccc2c1CCCC2. The topological polar surface area (TPSA) is 37.3 Å². The van der Waals surface area contributed by atoms with Gasteiger partial charge in [-0.05, 0) is 73.6 Å².